The number of carbonyl (C=O) groups excluding carboxylic acids is 1. The molecule has 1 aromatic heterocycles. The third-order valence-electron chi connectivity index (χ3n) is 5.34. The molecule has 0 saturated carbocycles. The summed E-state index contributed by atoms with van der Waals surface area (Å²) in [4.78, 5) is 15.2. The maximum absolute atomic E-state index is 13.4. The SMILES string of the molecule is CCOc1ccc(C2Nn3c(nnc3-c3ccccc3)SC2C(=O)N(CC)CC)cc1. The van der Waals surface area contributed by atoms with Gasteiger partial charge in [-0.2, -0.15) is 0 Å². The second kappa shape index (κ2) is 9.43. The lowest BCUT2D eigenvalue weighted by Crippen LogP contribution is -2.46. The zero-order valence-corrected chi connectivity index (χ0v) is 18.8. The van der Waals surface area contributed by atoms with Gasteiger partial charge in [-0.05, 0) is 38.5 Å². The van der Waals surface area contributed by atoms with Crippen molar-refractivity contribution in [2.75, 3.05) is 25.1 Å². The molecule has 2 aromatic carbocycles. The standard InChI is InChI=1S/C23H27N5O2S/c1-4-27(5-2)22(29)20-19(16-12-14-18(15-13-16)30-6-3)26-28-21(24-25-23(28)31-20)17-10-8-7-9-11-17/h7-15,19-20,26H,4-6H2,1-3H3. The summed E-state index contributed by atoms with van der Waals surface area (Å²) in [6.45, 7) is 7.93. The second-order valence-electron chi connectivity index (χ2n) is 7.17. The Morgan fingerprint density at radius 3 is 2.42 bits per heavy atom. The highest BCUT2D eigenvalue weighted by Crippen LogP contribution is 2.39. The molecule has 1 aliphatic heterocycles. The molecule has 8 heteroatoms. The second-order valence-corrected chi connectivity index (χ2v) is 8.27. The van der Waals surface area contributed by atoms with E-state index < -0.39 is 0 Å². The Morgan fingerprint density at radius 2 is 1.77 bits per heavy atom. The quantitative estimate of drug-likeness (QED) is 0.603. The van der Waals surface area contributed by atoms with Crippen molar-refractivity contribution in [3.63, 3.8) is 0 Å². The molecule has 1 amide bonds. The molecule has 2 unspecified atom stereocenters. The summed E-state index contributed by atoms with van der Waals surface area (Å²) in [7, 11) is 0. The van der Waals surface area contributed by atoms with Crippen LogP contribution in [0.15, 0.2) is 59.8 Å². The van der Waals surface area contributed by atoms with Gasteiger partial charge in [0.1, 0.15) is 11.0 Å². The van der Waals surface area contributed by atoms with Crippen LogP contribution in [0.3, 0.4) is 0 Å². The van der Waals surface area contributed by atoms with Gasteiger partial charge in [0, 0.05) is 18.7 Å². The van der Waals surface area contributed by atoms with E-state index in [0.717, 1.165) is 22.7 Å². The van der Waals surface area contributed by atoms with Gasteiger partial charge in [-0.1, -0.05) is 54.2 Å². The Morgan fingerprint density at radius 1 is 1.06 bits per heavy atom. The van der Waals surface area contributed by atoms with Crippen molar-refractivity contribution < 1.29 is 9.53 Å². The molecule has 7 nitrogen and oxygen atoms in total. The Kier molecular flexibility index (Phi) is 6.46. The van der Waals surface area contributed by atoms with Gasteiger partial charge in [0.05, 0.1) is 12.6 Å². The van der Waals surface area contributed by atoms with Gasteiger partial charge in [-0.15, -0.1) is 10.2 Å². The van der Waals surface area contributed by atoms with Gasteiger partial charge >= 0.3 is 0 Å². The van der Waals surface area contributed by atoms with Gasteiger partial charge in [0.15, 0.2) is 5.82 Å². The van der Waals surface area contributed by atoms with Gasteiger partial charge in [-0.25, -0.2) is 4.68 Å². The van der Waals surface area contributed by atoms with E-state index in [1.54, 1.807) is 0 Å². The van der Waals surface area contributed by atoms with E-state index in [-0.39, 0.29) is 17.2 Å². The van der Waals surface area contributed by atoms with Gasteiger partial charge in [-0.3, -0.25) is 4.79 Å². The van der Waals surface area contributed by atoms with Crippen molar-refractivity contribution in [3.8, 4) is 17.1 Å². The number of fused-ring (bicyclic) bond motifs is 1. The van der Waals surface area contributed by atoms with Crippen LogP contribution < -0.4 is 10.2 Å². The zero-order chi connectivity index (χ0) is 21.8. The van der Waals surface area contributed by atoms with E-state index in [9.17, 15) is 4.79 Å². The smallest absolute Gasteiger partial charge is 0.238 e. The number of ether oxygens (including phenoxy) is 1. The minimum Gasteiger partial charge on any atom is -0.494 e. The van der Waals surface area contributed by atoms with Crippen molar-refractivity contribution in [3.05, 3.63) is 60.2 Å². The number of benzene rings is 2. The number of hydrogen-bond donors (Lipinski definition) is 1. The lowest BCUT2D eigenvalue weighted by Gasteiger charge is -2.35. The number of nitrogens with one attached hydrogen (secondary N) is 1. The predicted octanol–water partition coefficient (Wildman–Crippen LogP) is 3.97. The average molecular weight is 438 g/mol. The lowest BCUT2D eigenvalue weighted by molar-refractivity contribution is -0.130. The number of hydrogen-bond acceptors (Lipinski definition) is 6. The lowest BCUT2D eigenvalue weighted by atomic mass is 10.0. The third kappa shape index (κ3) is 4.25. The molecule has 0 aliphatic carbocycles. The van der Waals surface area contributed by atoms with E-state index in [1.165, 1.54) is 11.8 Å². The molecule has 0 spiro atoms. The largest absolute Gasteiger partial charge is 0.494 e. The molecular formula is C23H27N5O2S. The first-order valence-electron chi connectivity index (χ1n) is 10.6. The number of aromatic nitrogens is 3. The van der Waals surface area contributed by atoms with Crippen LogP contribution in [0.2, 0.25) is 0 Å². The molecule has 0 bridgehead atoms. The average Bonchev–Trinajstić information content (AvgIpc) is 3.23. The van der Waals surface area contributed by atoms with E-state index in [1.807, 2.05) is 84.9 Å². The Labute approximate surface area is 186 Å². The van der Waals surface area contributed by atoms with Crippen LogP contribution in [-0.2, 0) is 4.79 Å². The van der Waals surface area contributed by atoms with Crippen molar-refractivity contribution in [2.24, 2.45) is 0 Å². The summed E-state index contributed by atoms with van der Waals surface area (Å²) in [5, 5.41) is 9.10. The van der Waals surface area contributed by atoms with Crippen molar-refractivity contribution in [2.45, 2.75) is 37.2 Å². The Bertz CT molecular complexity index is 1020. The monoisotopic (exact) mass is 437 g/mol. The first kappa shape index (κ1) is 21.2. The highest BCUT2D eigenvalue weighted by Gasteiger charge is 2.39. The fraction of sp³-hybridized carbons (Fsp3) is 0.348. The molecule has 31 heavy (non-hydrogen) atoms. The molecular weight excluding hydrogens is 410 g/mol. The molecule has 1 N–H and O–H groups in total. The van der Waals surface area contributed by atoms with Crippen molar-refractivity contribution >= 4 is 17.7 Å². The topological polar surface area (TPSA) is 72.3 Å². The van der Waals surface area contributed by atoms with Crippen LogP contribution >= 0.6 is 11.8 Å². The summed E-state index contributed by atoms with van der Waals surface area (Å²) in [5.74, 6) is 1.64. The maximum Gasteiger partial charge on any atom is 0.238 e. The van der Waals surface area contributed by atoms with Crippen LogP contribution in [0.25, 0.3) is 11.4 Å². The number of carbonyl (C=O) groups is 1. The molecule has 2 atom stereocenters. The summed E-state index contributed by atoms with van der Waals surface area (Å²) < 4.78 is 7.49. The highest BCUT2D eigenvalue weighted by atomic mass is 32.2. The Balaban J connectivity index is 1.73. The fourth-order valence-corrected chi connectivity index (χ4v) is 4.88. The van der Waals surface area contributed by atoms with Crippen molar-refractivity contribution in [1.82, 2.24) is 19.8 Å². The normalized spacial score (nSPS) is 17.5. The maximum atomic E-state index is 13.4. The number of nitrogens with zero attached hydrogens (tertiary/aromatic N) is 4. The first-order chi connectivity index (χ1) is 15.2. The molecule has 4 rings (SSSR count). The summed E-state index contributed by atoms with van der Waals surface area (Å²) in [6, 6.07) is 17.6. The summed E-state index contributed by atoms with van der Waals surface area (Å²) in [5.41, 5.74) is 5.51. The number of amides is 1. The first-order valence-corrected chi connectivity index (χ1v) is 11.5. The van der Waals surface area contributed by atoms with E-state index >= 15 is 0 Å². The number of thioether (sulfide) groups is 1. The zero-order valence-electron chi connectivity index (χ0n) is 18.0. The van der Waals surface area contributed by atoms with Gasteiger partial charge in [0.2, 0.25) is 11.1 Å². The third-order valence-corrected chi connectivity index (χ3v) is 6.54. The van der Waals surface area contributed by atoms with Crippen LogP contribution in [-0.4, -0.2) is 50.6 Å². The van der Waals surface area contributed by atoms with E-state index in [2.05, 4.69) is 15.6 Å². The minimum absolute atomic E-state index is 0.0943. The van der Waals surface area contributed by atoms with E-state index in [0.29, 0.717) is 24.9 Å². The molecule has 0 radical (unpaired) electrons. The number of rotatable bonds is 7. The minimum atomic E-state index is -0.349. The predicted molar refractivity (Wildman–Crippen MR) is 123 cm³/mol. The molecule has 3 aromatic rings. The Hall–Kier alpha value is -3.00. The van der Waals surface area contributed by atoms with Crippen molar-refractivity contribution in [1.29, 1.82) is 0 Å². The molecule has 0 saturated heterocycles. The molecule has 0 fully saturated rings. The highest BCUT2D eigenvalue weighted by molar-refractivity contribution is 8.00. The van der Waals surface area contributed by atoms with Gasteiger partial charge < -0.3 is 15.1 Å². The van der Waals surface area contributed by atoms with Crippen LogP contribution in [0.4, 0.5) is 0 Å². The molecule has 162 valence electrons. The van der Waals surface area contributed by atoms with Crippen LogP contribution in [0.5, 0.6) is 5.75 Å². The van der Waals surface area contributed by atoms with E-state index in [4.69, 9.17) is 4.74 Å². The van der Waals surface area contributed by atoms with Crippen LogP contribution in [0.1, 0.15) is 32.4 Å². The summed E-state index contributed by atoms with van der Waals surface area (Å²) in [6.07, 6.45) is 0. The fourth-order valence-electron chi connectivity index (χ4n) is 3.72. The molecule has 1 aliphatic rings. The van der Waals surface area contributed by atoms with Gasteiger partial charge in [0.25, 0.3) is 0 Å². The summed E-state index contributed by atoms with van der Waals surface area (Å²) >= 11 is 1.46. The van der Waals surface area contributed by atoms with Crippen LogP contribution in [0, 0.1) is 0 Å². The molecule has 2 heterocycles.